The van der Waals surface area contributed by atoms with Crippen LogP contribution in [-0.2, 0) is 0 Å². The number of rotatable bonds is 5. The van der Waals surface area contributed by atoms with E-state index in [0.29, 0.717) is 23.6 Å². The standard InChI is InChI=1S/C17H18FN3O/c18-13-5-7-14(8-6-13)21-10-9-15(20-21)17(22)19-16(11-1-2-11)12-3-4-12/h5-12,16H,1-4H2,(H,19,22). The van der Waals surface area contributed by atoms with E-state index in [2.05, 4.69) is 10.4 Å². The van der Waals surface area contributed by atoms with Crippen molar-refractivity contribution in [2.24, 2.45) is 11.8 Å². The molecule has 1 heterocycles. The Balaban J connectivity index is 1.48. The van der Waals surface area contributed by atoms with Gasteiger partial charge in [0.15, 0.2) is 5.69 Å². The maximum absolute atomic E-state index is 12.9. The largest absolute Gasteiger partial charge is 0.347 e. The molecule has 0 spiro atoms. The van der Waals surface area contributed by atoms with Crippen molar-refractivity contribution in [2.45, 2.75) is 31.7 Å². The molecule has 1 aromatic carbocycles. The third kappa shape index (κ3) is 2.75. The first-order valence-corrected chi connectivity index (χ1v) is 7.83. The van der Waals surface area contributed by atoms with Crippen LogP contribution in [0.15, 0.2) is 36.5 Å². The van der Waals surface area contributed by atoms with E-state index in [9.17, 15) is 9.18 Å². The molecule has 0 aliphatic heterocycles. The number of hydrogen-bond acceptors (Lipinski definition) is 2. The van der Waals surface area contributed by atoms with Gasteiger partial charge in [0.25, 0.3) is 5.91 Å². The molecule has 114 valence electrons. The number of nitrogens with zero attached hydrogens (tertiary/aromatic N) is 2. The molecular weight excluding hydrogens is 281 g/mol. The zero-order valence-electron chi connectivity index (χ0n) is 12.2. The first kappa shape index (κ1) is 13.5. The monoisotopic (exact) mass is 299 g/mol. The highest BCUT2D eigenvalue weighted by Crippen LogP contribution is 2.44. The SMILES string of the molecule is O=C(NC(C1CC1)C1CC1)c1ccn(-c2ccc(F)cc2)n1. The molecule has 2 aliphatic carbocycles. The Labute approximate surface area is 128 Å². The lowest BCUT2D eigenvalue weighted by molar-refractivity contribution is 0.0921. The quantitative estimate of drug-likeness (QED) is 0.922. The summed E-state index contributed by atoms with van der Waals surface area (Å²) in [5.74, 6) is 0.932. The summed E-state index contributed by atoms with van der Waals surface area (Å²) in [6, 6.07) is 8.07. The summed E-state index contributed by atoms with van der Waals surface area (Å²) in [4.78, 5) is 12.4. The summed E-state index contributed by atoms with van der Waals surface area (Å²) < 4.78 is 14.5. The first-order chi connectivity index (χ1) is 10.7. The molecular formula is C17H18FN3O. The fourth-order valence-electron chi connectivity index (χ4n) is 2.94. The van der Waals surface area contributed by atoms with Gasteiger partial charge < -0.3 is 5.32 Å². The van der Waals surface area contributed by atoms with Crippen molar-refractivity contribution in [1.29, 1.82) is 0 Å². The van der Waals surface area contributed by atoms with Crippen LogP contribution in [-0.4, -0.2) is 21.7 Å². The third-order valence-corrected chi connectivity index (χ3v) is 4.47. The van der Waals surface area contributed by atoms with Crippen molar-refractivity contribution in [3.05, 3.63) is 48.0 Å². The smallest absolute Gasteiger partial charge is 0.272 e. The maximum atomic E-state index is 12.9. The van der Waals surface area contributed by atoms with Crippen molar-refractivity contribution in [3.8, 4) is 5.69 Å². The van der Waals surface area contributed by atoms with E-state index < -0.39 is 0 Å². The van der Waals surface area contributed by atoms with E-state index in [4.69, 9.17) is 0 Å². The zero-order valence-corrected chi connectivity index (χ0v) is 12.2. The van der Waals surface area contributed by atoms with E-state index in [0.717, 1.165) is 5.69 Å². The van der Waals surface area contributed by atoms with Gasteiger partial charge in [-0.1, -0.05) is 0 Å². The van der Waals surface area contributed by atoms with Crippen LogP contribution in [0, 0.1) is 17.7 Å². The summed E-state index contributed by atoms with van der Waals surface area (Å²) in [6.07, 6.45) is 6.64. The number of amides is 1. The third-order valence-electron chi connectivity index (χ3n) is 4.47. The molecule has 5 heteroatoms. The van der Waals surface area contributed by atoms with Crippen LogP contribution >= 0.6 is 0 Å². The maximum Gasteiger partial charge on any atom is 0.272 e. The fourth-order valence-corrected chi connectivity index (χ4v) is 2.94. The summed E-state index contributed by atoms with van der Waals surface area (Å²) in [7, 11) is 0. The molecule has 2 aliphatic rings. The van der Waals surface area contributed by atoms with Crippen LogP contribution < -0.4 is 5.32 Å². The number of benzene rings is 1. The van der Waals surface area contributed by atoms with E-state index in [-0.39, 0.29) is 11.7 Å². The Kier molecular flexibility index (Phi) is 3.21. The molecule has 22 heavy (non-hydrogen) atoms. The Morgan fingerprint density at radius 3 is 2.36 bits per heavy atom. The molecule has 2 fully saturated rings. The van der Waals surface area contributed by atoms with Crippen LogP contribution in [0.3, 0.4) is 0 Å². The lowest BCUT2D eigenvalue weighted by Crippen LogP contribution is -2.38. The minimum atomic E-state index is -0.286. The molecule has 1 N–H and O–H groups in total. The predicted octanol–water partition coefficient (Wildman–Crippen LogP) is 2.93. The number of aromatic nitrogens is 2. The van der Waals surface area contributed by atoms with Gasteiger partial charge in [0.05, 0.1) is 5.69 Å². The number of halogens is 1. The van der Waals surface area contributed by atoms with Gasteiger partial charge in [-0.25, -0.2) is 9.07 Å². The van der Waals surface area contributed by atoms with Gasteiger partial charge in [-0.05, 0) is 67.9 Å². The summed E-state index contributed by atoms with van der Waals surface area (Å²) in [6.45, 7) is 0. The molecule has 4 rings (SSSR count). The van der Waals surface area contributed by atoms with Crippen LogP contribution in [0.5, 0.6) is 0 Å². The molecule has 0 unspecified atom stereocenters. The number of nitrogens with one attached hydrogen (secondary N) is 1. The number of carbonyl (C=O) groups excluding carboxylic acids is 1. The molecule has 1 amide bonds. The molecule has 4 nitrogen and oxygen atoms in total. The lowest BCUT2D eigenvalue weighted by Gasteiger charge is -2.16. The summed E-state index contributed by atoms with van der Waals surface area (Å²) in [5.41, 5.74) is 1.15. The number of carbonyl (C=O) groups is 1. The molecule has 0 bridgehead atoms. The van der Waals surface area contributed by atoms with Crippen LogP contribution in [0.25, 0.3) is 5.69 Å². The zero-order chi connectivity index (χ0) is 15.1. The van der Waals surface area contributed by atoms with Gasteiger partial charge in [0.2, 0.25) is 0 Å². The summed E-state index contributed by atoms with van der Waals surface area (Å²) >= 11 is 0. The van der Waals surface area contributed by atoms with Crippen LogP contribution in [0.4, 0.5) is 4.39 Å². The Hall–Kier alpha value is -2.17. The molecule has 0 atom stereocenters. The topological polar surface area (TPSA) is 46.9 Å². The normalized spacial score (nSPS) is 17.7. The average Bonchev–Trinajstić information content (AvgIpc) is 3.44. The predicted molar refractivity (Wildman–Crippen MR) is 80.2 cm³/mol. The van der Waals surface area contributed by atoms with Gasteiger partial charge in [-0.3, -0.25) is 4.79 Å². The average molecular weight is 299 g/mol. The van der Waals surface area contributed by atoms with Crippen molar-refractivity contribution in [2.75, 3.05) is 0 Å². The number of hydrogen-bond donors (Lipinski definition) is 1. The second kappa shape index (κ2) is 5.23. The minimum absolute atomic E-state index is 0.107. The van der Waals surface area contributed by atoms with Crippen LogP contribution in [0.2, 0.25) is 0 Å². The molecule has 2 saturated carbocycles. The molecule has 2 aromatic rings. The second-order valence-electron chi connectivity index (χ2n) is 6.30. The van der Waals surface area contributed by atoms with Gasteiger partial charge in [0, 0.05) is 12.2 Å². The van der Waals surface area contributed by atoms with E-state index >= 15 is 0 Å². The van der Waals surface area contributed by atoms with Gasteiger partial charge in [-0.2, -0.15) is 5.10 Å². The summed E-state index contributed by atoms with van der Waals surface area (Å²) in [5, 5.41) is 7.46. The van der Waals surface area contributed by atoms with E-state index in [1.165, 1.54) is 37.8 Å². The highest BCUT2D eigenvalue weighted by atomic mass is 19.1. The lowest BCUT2D eigenvalue weighted by atomic mass is 10.1. The Bertz CT molecular complexity index is 674. The van der Waals surface area contributed by atoms with Crippen molar-refractivity contribution >= 4 is 5.91 Å². The van der Waals surface area contributed by atoms with E-state index in [1.54, 1.807) is 29.1 Å². The van der Waals surface area contributed by atoms with Gasteiger partial charge in [-0.15, -0.1) is 0 Å². The molecule has 0 radical (unpaired) electrons. The van der Waals surface area contributed by atoms with Gasteiger partial charge >= 0.3 is 0 Å². The van der Waals surface area contributed by atoms with Crippen LogP contribution in [0.1, 0.15) is 36.2 Å². The molecule has 0 saturated heterocycles. The second-order valence-corrected chi connectivity index (χ2v) is 6.30. The fraction of sp³-hybridized carbons (Fsp3) is 0.412. The van der Waals surface area contributed by atoms with Crippen molar-refractivity contribution in [3.63, 3.8) is 0 Å². The Morgan fingerprint density at radius 1 is 1.14 bits per heavy atom. The van der Waals surface area contributed by atoms with Crippen molar-refractivity contribution < 1.29 is 9.18 Å². The van der Waals surface area contributed by atoms with E-state index in [1.807, 2.05) is 0 Å². The van der Waals surface area contributed by atoms with Crippen molar-refractivity contribution in [1.82, 2.24) is 15.1 Å². The highest BCUT2D eigenvalue weighted by Gasteiger charge is 2.42. The van der Waals surface area contributed by atoms with Gasteiger partial charge in [0.1, 0.15) is 5.82 Å². The Morgan fingerprint density at radius 2 is 1.77 bits per heavy atom. The highest BCUT2D eigenvalue weighted by molar-refractivity contribution is 5.92. The first-order valence-electron chi connectivity index (χ1n) is 7.83. The minimum Gasteiger partial charge on any atom is -0.347 e. The molecule has 1 aromatic heterocycles.